The van der Waals surface area contributed by atoms with Gasteiger partial charge in [0.1, 0.15) is 0 Å². The third-order valence-electron chi connectivity index (χ3n) is 2.35. The zero-order chi connectivity index (χ0) is 11.8. The van der Waals surface area contributed by atoms with Gasteiger partial charge in [-0.2, -0.15) is 0 Å². The lowest BCUT2D eigenvalue weighted by Gasteiger charge is -2.13. The summed E-state index contributed by atoms with van der Waals surface area (Å²) in [4.78, 5) is 11.4. The number of carbonyl (C=O) groups is 1. The van der Waals surface area contributed by atoms with Gasteiger partial charge in [0.2, 0.25) is 5.91 Å². The maximum atomic E-state index is 11.4. The molecule has 0 aliphatic heterocycles. The summed E-state index contributed by atoms with van der Waals surface area (Å²) in [5.74, 6) is 0.0116. The molecule has 0 saturated carbocycles. The SMILES string of the molecule is CC(Cc1ccccc1)NC(=O)CCCO. The highest BCUT2D eigenvalue weighted by Crippen LogP contribution is 2.03. The second-order valence-corrected chi connectivity index (χ2v) is 3.99. The summed E-state index contributed by atoms with van der Waals surface area (Å²) in [6.45, 7) is 2.06. The molecule has 1 rings (SSSR count). The summed E-state index contributed by atoms with van der Waals surface area (Å²) in [5, 5.41) is 11.5. The first-order valence-electron chi connectivity index (χ1n) is 5.66. The van der Waals surface area contributed by atoms with E-state index in [1.165, 1.54) is 5.56 Å². The van der Waals surface area contributed by atoms with E-state index >= 15 is 0 Å². The fraction of sp³-hybridized carbons (Fsp3) is 0.462. The highest BCUT2D eigenvalue weighted by atomic mass is 16.3. The van der Waals surface area contributed by atoms with Gasteiger partial charge in [-0.25, -0.2) is 0 Å². The van der Waals surface area contributed by atoms with Crippen molar-refractivity contribution < 1.29 is 9.90 Å². The predicted molar refractivity (Wildman–Crippen MR) is 64.1 cm³/mol. The van der Waals surface area contributed by atoms with E-state index in [0.717, 1.165) is 6.42 Å². The molecular weight excluding hydrogens is 202 g/mol. The molecule has 0 aliphatic carbocycles. The van der Waals surface area contributed by atoms with Crippen LogP contribution in [0.1, 0.15) is 25.3 Å². The van der Waals surface area contributed by atoms with Crippen LogP contribution in [-0.2, 0) is 11.2 Å². The largest absolute Gasteiger partial charge is 0.396 e. The van der Waals surface area contributed by atoms with Crippen LogP contribution in [0.5, 0.6) is 0 Å². The van der Waals surface area contributed by atoms with Crippen molar-refractivity contribution in [2.24, 2.45) is 0 Å². The summed E-state index contributed by atoms with van der Waals surface area (Å²) < 4.78 is 0. The van der Waals surface area contributed by atoms with E-state index in [-0.39, 0.29) is 18.6 Å². The first-order chi connectivity index (χ1) is 7.72. The fourth-order valence-corrected chi connectivity index (χ4v) is 1.61. The molecule has 1 aromatic rings. The van der Waals surface area contributed by atoms with E-state index < -0.39 is 0 Å². The van der Waals surface area contributed by atoms with Crippen molar-refractivity contribution >= 4 is 5.91 Å². The zero-order valence-electron chi connectivity index (χ0n) is 9.65. The number of hydrogen-bond donors (Lipinski definition) is 2. The fourth-order valence-electron chi connectivity index (χ4n) is 1.61. The van der Waals surface area contributed by atoms with Gasteiger partial charge in [0.15, 0.2) is 0 Å². The van der Waals surface area contributed by atoms with Crippen molar-refractivity contribution in [1.29, 1.82) is 0 Å². The Kier molecular flexibility index (Phi) is 5.57. The van der Waals surface area contributed by atoms with Gasteiger partial charge in [-0.1, -0.05) is 30.3 Å². The molecule has 1 amide bonds. The molecule has 16 heavy (non-hydrogen) atoms. The number of benzene rings is 1. The molecule has 0 bridgehead atoms. The van der Waals surface area contributed by atoms with Crippen LogP contribution in [0.25, 0.3) is 0 Å². The van der Waals surface area contributed by atoms with Crippen LogP contribution >= 0.6 is 0 Å². The summed E-state index contributed by atoms with van der Waals surface area (Å²) in [6.07, 6.45) is 1.77. The Morgan fingerprint density at radius 3 is 2.69 bits per heavy atom. The van der Waals surface area contributed by atoms with Crippen molar-refractivity contribution in [1.82, 2.24) is 5.32 Å². The molecule has 1 aromatic carbocycles. The number of aliphatic hydroxyl groups excluding tert-OH is 1. The molecule has 0 aromatic heterocycles. The molecule has 0 radical (unpaired) electrons. The maximum absolute atomic E-state index is 11.4. The molecule has 0 heterocycles. The highest BCUT2D eigenvalue weighted by molar-refractivity contribution is 5.76. The lowest BCUT2D eigenvalue weighted by molar-refractivity contribution is -0.121. The number of carbonyl (C=O) groups excluding carboxylic acids is 1. The van der Waals surface area contributed by atoms with Gasteiger partial charge in [-0.3, -0.25) is 4.79 Å². The normalized spacial score (nSPS) is 12.1. The average molecular weight is 221 g/mol. The number of rotatable bonds is 6. The van der Waals surface area contributed by atoms with Crippen LogP contribution in [0.3, 0.4) is 0 Å². The van der Waals surface area contributed by atoms with Crippen molar-refractivity contribution in [2.45, 2.75) is 32.2 Å². The van der Waals surface area contributed by atoms with Gasteiger partial charge in [0.25, 0.3) is 0 Å². The number of amides is 1. The topological polar surface area (TPSA) is 49.3 Å². The van der Waals surface area contributed by atoms with Crippen molar-refractivity contribution in [2.75, 3.05) is 6.61 Å². The minimum atomic E-state index is 0.0116. The quantitative estimate of drug-likeness (QED) is 0.765. The van der Waals surface area contributed by atoms with Gasteiger partial charge >= 0.3 is 0 Å². The first-order valence-corrected chi connectivity index (χ1v) is 5.66. The van der Waals surface area contributed by atoms with Crippen molar-refractivity contribution in [3.05, 3.63) is 35.9 Å². The molecule has 1 unspecified atom stereocenters. The van der Waals surface area contributed by atoms with E-state index in [1.807, 2.05) is 25.1 Å². The van der Waals surface area contributed by atoms with E-state index in [9.17, 15) is 4.79 Å². The highest BCUT2D eigenvalue weighted by Gasteiger charge is 2.07. The third kappa shape index (κ3) is 4.94. The minimum absolute atomic E-state index is 0.0116. The Balaban J connectivity index is 2.30. The molecule has 3 nitrogen and oxygen atoms in total. The number of nitrogens with one attached hydrogen (secondary N) is 1. The van der Waals surface area contributed by atoms with E-state index in [4.69, 9.17) is 5.11 Å². The molecule has 0 aliphatic rings. The molecule has 2 N–H and O–H groups in total. The summed E-state index contributed by atoms with van der Waals surface area (Å²) in [7, 11) is 0. The molecule has 88 valence electrons. The second kappa shape index (κ2) is 7.01. The van der Waals surface area contributed by atoms with E-state index in [0.29, 0.717) is 12.8 Å². The van der Waals surface area contributed by atoms with Crippen LogP contribution in [0.15, 0.2) is 30.3 Å². The Morgan fingerprint density at radius 2 is 2.06 bits per heavy atom. The summed E-state index contributed by atoms with van der Waals surface area (Å²) >= 11 is 0. The van der Waals surface area contributed by atoms with Gasteiger partial charge in [-0.05, 0) is 25.3 Å². The van der Waals surface area contributed by atoms with Crippen LogP contribution in [0, 0.1) is 0 Å². The zero-order valence-corrected chi connectivity index (χ0v) is 9.65. The van der Waals surface area contributed by atoms with Gasteiger partial charge in [-0.15, -0.1) is 0 Å². The maximum Gasteiger partial charge on any atom is 0.220 e. The lowest BCUT2D eigenvalue weighted by Crippen LogP contribution is -2.33. The molecule has 3 heteroatoms. The first kappa shape index (κ1) is 12.7. The number of hydrogen-bond acceptors (Lipinski definition) is 2. The monoisotopic (exact) mass is 221 g/mol. The van der Waals surface area contributed by atoms with E-state index in [2.05, 4.69) is 17.4 Å². The minimum Gasteiger partial charge on any atom is -0.396 e. The standard InChI is InChI=1S/C13H19NO2/c1-11(14-13(16)8-5-9-15)10-12-6-3-2-4-7-12/h2-4,6-7,11,15H,5,8-10H2,1H3,(H,14,16). The number of aliphatic hydroxyl groups is 1. The molecular formula is C13H19NO2. The second-order valence-electron chi connectivity index (χ2n) is 3.99. The van der Waals surface area contributed by atoms with Gasteiger partial charge in [0, 0.05) is 19.1 Å². The van der Waals surface area contributed by atoms with Gasteiger partial charge in [0.05, 0.1) is 0 Å². The van der Waals surface area contributed by atoms with E-state index in [1.54, 1.807) is 0 Å². The lowest BCUT2D eigenvalue weighted by atomic mass is 10.1. The molecule has 1 atom stereocenters. The van der Waals surface area contributed by atoms with Crippen molar-refractivity contribution in [3.63, 3.8) is 0 Å². The van der Waals surface area contributed by atoms with Crippen LogP contribution < -0.4 is 5.32 Å². The Labute approximate surface area is 96.5 Å². The van der Waals surface area contributed by atoms with Gasteiger partial charge < -0.3 is 10.4 Å². The van der Waals surface area contributed by atoms with Crippen molar-refractivity contribution in [3.8, 4) is 0 Å². The molecule has 0 spiro atoms. The Morgan fingerprint density at radius 1 is 1.38 bits per heavy atom. The van der Waals surface area contributed by atoms with Crippen LogP contribution in [0.4, 0.5) is 0 Å². The third-order valence-corrected chi connectivity index (χ3v) is 2.35. The molecule has 0 saturated heterocycles. The summed E-state index contributed by atoms with van der Waals surface area (Å²) in [6, 6.07) is 10.2. The Bertz CT molecular complexity index is 311. The predicted octanol–water partition coefficient (Wildman–Crippen LogP) is 1.51. The van der Waals surface area contributed by atoms with Crippen LogP contribution in [-0.4, -0.2) is 23.7 Å². The smallest absolute Gasteiger partial charge is 0.220 e. The Hall–Kier alpha value is -1.35. The summed E-state index contributed by atoms with van der Waals surface area (Å²) in [5.41, 5.74) is 1.22. The molecule has 0 fully saturated rings. The average Bonchev–Trinajstić information content (AvgIpc) is 2.27. The van der Waals surface area contributed by atoms with Crippen LogP contribution in [0.2, 0.25) is 0 Å².